The molecule has 3 N–H and O–H groups in total. The van der Waals surface area contributed by atoms with Crippen LogP contribution in [0.15, 0.2) is 79.0 Å². The second-order valence-electron chi connectivity index (χ2n) is 8.22. The number of anilines is 2. The Bertz CT molecular complexity index is 1610. The molecule has 10 heteroatoms. The number of nitrogen functional groups attached to an aromatic ring is 1. The Kier molecular flexibility index (Phi) is 7.39. The zero-order valence-electron chi connectivity index (χ0n) is 20.3. The molecule has 3 heterocycles. The molecule has 37 heavy (non-hydrogen) atoms. The number of hydrogen-bond donors (Lipinski definition) is 2. The molecule has 0 saturated carbocycles. The van der Waals surface area contributed by atoms with E-state index in [4.69, 9.17) is 15.7 Å². The standard InChI is InChI=1S/C27H22N6O3.Li/c1-16(34)30-19-5-2-4-18(15-19)22-11-12-23-27(31-22)33(20-9-7-17(8-10-20)14-24(35)36)26(32-23)21-6-3-13-29-25(21)28;/h2-13,15H,14H2,1H3,(H2,28,29)(H,30,34)(H,35,36);/q;+1/p-1. The van der Waals surface area contributed by atoms with Gasteiger partial charge in [-0.1, -0.05) is 24.3 Å². The van der Waals surface area contributed by atoms with E-state index in [1.807, 2.05) is 47.0 Å². The first kappa shape index (κ1) is 25.6. The van der Waals surface area contributed by atoms with E-state index in [-0.39, 0.29) is 31.2 Å². The molecule has 0 spiro atoms. The number of imidazole rings is 1. The largest absolute Gasteiger partial charge is 1.00 e. The van der Waals surface area contributed by atoms with Gasteiger partial charge in [0.25, 0.3) is 0 Å². The van der Waals surface area contributed by atoms with Gasteiger partial charge in [0.1, 0.15) is 11.3 Å². The van der Waals surface area contributed by atoms with Crippen molar-refractivity contribution in [3.63, 3.8) is 0 Å². The molecule has 0 aliphatic rings. The summed E-state index contributed by atoms with van der Waals surface area (Å²) in [6.07, 6.45) is 1.43. The van der Waals surface area contributed by atoms with Crippen LogP contribution in [0.2, 0.25) is 0 Å². The molecule has 9 nitrogen and oxygen atoms in total. The zero-order chi connectivity index (χ0) is 25.2. The van der Waals surface area contributed by atoms with Crippen molar-refractivity contribution < 1.29 is 33.6 Å². The van der Waals surface area contributed by atoms with Gasteiger partial charge >= 0.3 is 18.9 Å². The number of fused-ring (bicyclic) bond motifs is 1. The van der Waals surface area contributed by atoms with E-state index < -0.39 is 5.97 Å². The van der Waals surface area contributed by atoms with E-state index in [9.17, 15) is 14.7 Å². The number of aromatic nitrogens is 4. The zero-order valence-corrected chi connectivity index (χ0v) is 20.3. The third-order valence-corrected chi connectivity index (χ3v) is 5.61. The van der Waals surface area contributed by atoms with Crippen molar-refractivity contribution in [2.45, 2.75) is 13.3 Å². The van der Waals surface area contributed by atoms with Crippen molar-refractivity contribution in [3.05, 3.63) is 84.6 Å². The predicted octanol–water partition coefficient (Wildman–Crippen LogP) is -0.0135. The third kappa shape index (κ3) is 5.38. The van der Waals surface area contributed by atoms with E-state index in [1.165, 1.54) is 6.92 Å². The summed E-state index contributed by atoms with van der Waals surface area (Å²) in [5.41, 5.74) is 11.6. The van der Waals surface area contributed by atoms with Crippen molar-refractivity contribution in [1.82, 2.24) is 19.5 Å². The Labute approximate surface area is 224 Å². The SMILES string of the molecule is CC(=O)Nc1cccc(-c2ccc3nc(-c4cccnc4N)n(-c4ccc(CC(=O)[O-])cc4)c3n2)c1.[Li+]. The minimum absolute atomic E-state index is 0. The number of pyridine rings is 2. The molecule has 0 radical (unpaired) electrons. The van der Waals surface area contributed by atoms with Crippen LogP contribution in [-0.2, 0) is 16.0 Å². The molecule has 0 aliphatic heterocycles. The molecule has 5 rings (SSSR count). The number of rotatable bonds is 6. The number of aliphatic carboxylic acids is 1. The van der Waals surface area contributed by atoms with Crippen LogP contribution in [0.4, 0.5) is 11.5 Å². The number of hydrogen-bond acceptors (Lipinski definition) is 7. The molecule has 0 unspecified atom stereocenters. The maximum Gasteiger partial charge on any atom is 1.00 e. The Morgan fingerprint density at radius 2 is 1.78 bits per heavy atom. The average molecular weight is 484 g/mol. The monoisotopic (exact) mass is 484 g/mol. The minimum Gasteiger partial charge on any atom is -0.550 e. The van der Waals surface area contributed by atoms with Gasteiger partial charge in [0.15, 0.2) is 11.5 Å². The summed E-state index contributed by atoms with van der Waals surface area (Å²) in [6.45, 7) is 1.46. The van der Waals surface area contributed by atoms with Crippen molar-refractivity contribution in [1.29, 1.82) is 0 Å². The third-order valence-electron chi connectivity index (χ3n) is 5.61. The predicted molar refractivity (Wildman–Crippen MR) is 135 cm³/mol. The smallest absolute Gasteiger partial charge is 0.550 e. The van der Waals surface area contributed by atoms with E-state index in [0.717, 1.165) is 11.3 Å². The van der Waals surface area contributed by atoms with Crippen molar-refractivity contribution in [3.8, 4) is 28.3 Å². The fraction of sp³-hybridized carbons (Fsp3) is 0.0741. The van der Waals surface area contributed by atoms with Crippen LogP contribution >= 0.6 is 0 Å². The number of nitrogens with two attached hydrogens (primary N) is 1. The first-order valence-electron chi connectivity index (χ1n) is 11.2. The number of amides is 1. The Morgan fingerprint density at radius 1 is 1.00 bits per heavy atom. The van der Waals surface area contributed by atoms with Crippen LogP contribution in [0, 0.1) is 0 Å². The van der Waals surface area contributed by atoms with Crippen molar-refractivity contribution >= 4 is 34.5 Å². The van der Waals surface area contributed by atoms with Gasteiger partial charge in [-0.3, -0.25) is 9.36 Å². The molecular weight excluding hydrogens is 463 g/mol. The van der Waals surface area contributed by atoms with Crippen LogP contribution < -0.4 is 35.0 Å². The van der Waals surface area contributed by atoms with Gasteiger partial charge in [-0.2, -0.15) is 0 Å². The van der Waals surface area contributed by atoms with Gasteiger partial charge in [0, 0.05) is 42.4 Å². The normalized spacial score (nSPS) is 10.6. The van der Waals surface area contributed by atoms with Gasteiger partial charge in [-0.15, -0.1) is 0 Å². The number of carbonyl (C=O) groups excluding carboxylic acids is 2. The van der Waals surface area contributed by atoms with Crippen molar-refractivity contribution in [2.75, 3.05) is 11.1 Å². The summed E-state index contributed by atoms with van der Waals surface area (Å²) in [7, 11) is 0. The quantitative estimate of drug-likeness (QED) is 0.323. The Morgan fingerprint density at radius 3 is 2.49 bits per heavy atom. The van der Waals surface area contributed by atoms with E-state index >= 15 is 0 Å². The Hall–Kier alpha value is -4.45. The van der Waals surface area contributed by atoms with Crippen LogP contribution in [0.1, 0.15) is 12.5 Å². The molecule has 0 aliphatic carbocycles. The minimum atomic E-state index is -1.15. The van der Waals surface area contributed by atoms with Gasteiger partial charge in [0.2, 0.25) is 5.91 Å². The summed E-state index contributed by atoms with van der Waals surface area (Å²) in [4.78, 5) is 36.4. The molecule has 0 saturated heterocycles. The van der Waals surface area contributed by atoms with Crippen LogP contribution in [0.25, 0.3) is 39.5 Å². The van der Waals surface area contributed by atoms with Gasteiger partial charge in [-0.25, -0.2) is 15.0 Å². The molecule has 0 atom stereocenters. The summed E-state index contributed by atoms with van der Waals surface area (Å²) in [5.74, 6) is -0.423. The molecular formula is C27H21LiN6O3. The molecule has 0 bridgehead atoms. The molecule has 3 aromatic heterocycles. The van der Waals surface area contributed by atoms with E-state index in [1.54, 1.807) is 36.5 Å². The summed E-state index contributed by atoms with van der Waals surface area (Å²) >= 11 is 0. The number of benzene rings is 2. The van der Waals surface area contributed by atoms with Gasteiger partial charge < -0.3 is 21.0 Å². The topological polar surface area (TPSA) is 139 Å². The maximum atomic E-state index is 11.5. The Balaban J connectivity index is 0.00000320. The van der Waals surface area contributed by atoms with E-state index in [2.05, 4.69) is 10.3 Å². The second-order valence-corrected chi connectivity index (χ2v) is 8.22. The van der Waals surface area contributed by atoms with Crippen LogP contribution in [0.5, 0.6) is 0 Å². The molecule has 1 amide bonds. The first-order chi connectivity index (χ1) is 17.4. The summed E-state index contributed by atoms with van der Waals surface area (Å²) < 4.78 is 1.87. The van der Waals surface area contributed by atoms with Crippen LogP contribution in [-0.4, -0.2) is 31.4 Å². The number of carboxylic acids is 1. The molecule has 2 aromatic carbocycles. The van der Waals surface area contributed by atoms with Gasteiger partial charge in [0.05, 0.1) is 11.3 Å². The average Bonchev–Trinajstić information content (AvgIpc) is 3.23. The maximum absolute atomic E-state index is 11.5. The van der Waals surface area contributed by atoms with Crippen molar-refractivity contribution in [2.24, 2.45) is 0 Å². The fourth-order valence-electron chi connectivity index (χ4n) is 4.04. The number of nitrogens with one attached hydrogen (secondary N) is 1. The van der Waals surface area contributed by atoms with Crippen LogP contribution in [0.3, 0.4) is 0 Å². The molecule has 5 aromatic rings. The van der Waals surface area contributed by atoms with Gasteiger partial charge in [-0.05, 0) is 54.1 Å². The number of nitrogens with zero attached hydrogens (tertiary/aromatic N) is 4. The fourth-order valence-corrected chi connectivity index (χ4v) is 4.04. The number of carbonyl (C=O) groups is 2. The number of carboxylic acid groups (broad SMARTS) is 1. The molecule has 0 fully saturated rings. The second kappa shape index (κ2) is 10.7. The molecule has 178 valence electrons. The first-order valence-corrected chi connectivity index (χ1v) is 11.2. The van der Waals surface area contributed by atoms with E-state index in [0.29, 0.717) is 45.3 Å². The summed E-state index contributed by atoms with van der Waals surface area (Å²) in [5, 5.41) is 13.8. The summed E-state index contributed by atoms with van der Waals surface area (Å²) in [6, 6.07) is 21.9.